The maximum absolute atomic E-state index is 3.99. The summed E-state index contributed by atoms with van der Waals surface area (Å²) in [6.45, 7) is 2.42. The van der Waals surface area contributed by atoms with Gasteiger partial charge >= 0.3 is 0 Å². The van der Waals surface area contributed by atoms with E-state index in [9.17, 15) is 0 Å². The van der Waals surface area contributed by atoms with Gasteiger partial charge in [-0.15, -0.1) is 0 Å². The Balaban J connectivity index is 1.45. The Bertz CT molecular complexity index is 405. The molecule has 0 spiro atoms. The van der Waals surface area contributed by atoms with E-state index < -0.39 is 0 Å². The molecule has 1 nitrogen and oxygen atoms in total. The second kappa shape index (κ2) is 7.45. The zero-order chi connectivity index (χ0) is 14.5. The molecule has 2 atom stereocenters. The molecule has 0 saturated heterocycles. The third-order valence-corrected chi connectivity index (χ3v) is 5.73. The van der Waals surface area contributed by atoms with Gasteiger partial charge in [0.15, 0.2) is 0 Å². The van der Waals surface area contributed by atoms with E-state index in [4.69, 9.17) is 0 Å². The van der Waals surface area contributed by atoms with Gasteiger partial charge in [-0.1, -0.05) is 50.1 Å². The lowest BCUT2D eigenvalue weighted by atomic mass is 9.81. The summed E-state index contributed by atoms with van der Waals surface area (Å²) in [6.07, 6.45) is 12.6. The molecule has 0 aromatic heterocycles. The molecule has 0 heterocycles. The van der Waals surface area contributed by atoms with E-state index in [1.807, 2.05) is 0 Å². The molecule has 0 radical (unpaired) electrons. The molecule has 1 aromatic rings. The molecule has 116 valence electrons. The van der Waals surface area contributed by atoms with Crippen molar-refractivity contribution >= 4 is 0 Å². The lowest BCUT2D eigenvalue weighted by Gasteiger charge is -2.32. The minimum absolute atomic E-state index is 0.781. The molecule has 21 heavy (non-hydrogen) atoms. The molecule has 2 fully saturated rings. The predicted octanol–water partition coefficient (Wildman–Crippen LogP) is 5.27. The maximum atomic E-state index is 3.99. The van der Waals surface area contributed by atoms with Crippen molar-refractivity contribution in [2.24, 2.45) is 5.92 Å². The zero-order valence-electron chi connectivity index (χ0n) is 13.6. The van der Waals surface area contributed by atoms with E-state index in [1.165, 1.54) is 57.8 Å². The number of rotatable bonds is 3. The fourth-order valence-electron chi connectivity index (χ4n) is 4.31. The normalized spacial score (nSPS) is 34.3. The Labute approximate surface area is 130 Å². The van der Waals surface area contributed by atoms with E-state index >= 15 is 0 Å². The van der Waals surface area contributed by atoms with Gasteiger partial charge in [0.05, 0.1) is 0 Å². The fourth-order valence-corrected chi connectivity index (χ4v) is 4.31. The van der Waals surface area contributed by atoms with Crippen molar-refractivity contribution < 1.29 is 0 Å². The Hall–Kier alpha value is -0.820. The number of hydrogen-bond donors (Lipinski definition) is 1. The molecule has 1 aromatic carbocycles. The third kappa shape index (κ3) is 4.32. The molecule has 0 aliphatic heterocycles. The Morgan fingerprint density at radius 1 is 0.762 bits per heavy atom. The van der Waals surface area contributed by atoms with Crippen LogP contribution >= 0.6 is 0 Å². The molecular formula is C20H31N. The van der Waals surface area contributed by atoms with Crippen LogP contribution in [0.5, 0.6) is 0 Å². The minimum Gasteiger partial charge on any atom is -0.311 e. The summed E-state index contributed by atoms with van der Waals surface area (Å²) >= 11 is 0. The lowest BCUT2D eigenvalue weighted by molar-refractivity contribution is 0.300. The molecule has 1 heteroatoms. The summed E-state index contributed by atoms with van der Waals surface area (Å²) in [6, 6.07) is 12.7. The smallest absolute Gasteiger partial charge is 0.00700 e. The molecule has 2 saturated carbocycles. The first kappa shape index (κ1) is 15.1. The Kier molecular flexibility index (Phi) is 5.35. The van der Waals surface area contributed by atoms with Crippen molar-refractivity contribution in [3.05, 3.63) is 35.9 Å². The van der Waals surface area contributed by atoms with Crippen LogP contribution in [0.4, 0.5) is 0 Å². The summed E-state index contributed by atoms with van der Waals surface area (Å²) in [7, 11) is 0. The van der Waals surface area contributed by atoms with Gasteiger partial charge in [-0.25, -0.2) is 0 Å². The average Bonchev–Trinajstić information content (AvgIpc) is 2.74. The number of hydrogen-bond acceptors (Lipinski definition) is 1. The predicted molar refractivity (Wildman–Crippen MR) is 90.6 cm³/mol. The fraction of sp³-hybridized carbons (Fsp3) is 0.700. The van der Waals surface area contributed by atoms with Gasteiger partial charge in [0.1, 0.15) is 0 Å². The van der Waals surface area contributed by atoms with Crippen molar-refractivity contribution in [3.63, 3.8) is 0 Å². The summed E-state index contributed by atoms with van der Waals surface area (Å²) in [5, 5.41) is 3.99. The third-order valence-electron chi connectivity index (χ3n) is 5.73. The van der Waals surface area contributed by atoms with Crippen molar-refractivity contribution in [1.82, 2.24) is 5.32 Å². The average molecular weight is 285 g/mol. The zero-order valence-corrected chi connectivity index (χ0v) is 13.6. The summed E-state index contributed by atoms with van der Waals surface area (Å²) in [5.74, 6) is 1.75. The van der Waals surface area contributed by atoms with Crippen LogP contribution in [0, 0.1) is 5.92 Å². The second-order valence-corrected chi connectivity index (χ2v) is 7.44. The summed E-state index contributed by atoms with van der Waals surface area (Å²) in [5.41, 5.74) is 1.55. The van der Waals surface area contributed by atoms with E-state index in [0.29, 0.717) is 0 Å². The quantitative estimate of drug-likeness (QED) is 0.746. The lowest BCUT2D eigenvalue weighted by Crippen LogP contribution is -2.40. The first-order valence-corrected chi connectivity index (χ1v) is 9.12. The van der Waals surface area contributed by atoms with E-state index in [-0.39, 0.29) is 0 Å². The van der Waals surface area contributed by atoms with E-state index in [2.05, 4.69) is 42.6 Å². The van der Waals surface area contributed by atoms with Crippen LogP contribution < -0.4 is 5.32 Å². The standard InChI is InChI=1S/C20H31N/c1-16-6-5-9-19(13-10-16)21-20-14-11-18(12-15-20)17-7-3-2-4-8-17/h2-4,7-8,16,18-21H,5-6,9-15H2,1H3. The molecule has 0 amide bonds. The van der Waals surface area contributed by atoms with Crippen LogP contribution in [0.2, 0.25) is 0 Å². The van der Waals surface area contributed by atoms with Crippen molar-refractivity contribution in [3.8, 4) is 0 Å². The molecule has 2 aliphatic carbocycles. The summed E-state index contributed by atoms with van der Waals surface area (Å²) < 4.78 is 0. The molecular weight excluding hydrogens is 254 g/mol. The first-order chi connectivity index (χ1) is 10.3. The SMILES string of the molecule is CC1CCCC(NC2CCC(c3ccccc3)CC2)CC1. The van der Waals surface area contributed by atoms with Gasteiger partial charge in [0, 0.05) is 12.1 Å². The van der Waals surface area contributed by atoms with E-state index in [1.54, 1.807) is 5.56 Å². The van der Waals surface area contributed by atoms with Gasteiger partial charge in [0.2, 0.25) is 0 Å². The van der Waals surface area contributed by atoms with Crippen molar-refractivity contribution in [2.75, 3.05) is 0 Å². The topological polar surface area (TPSA) is 12.0 Å². The van der Waals surface area contributed by atoms with Crippen molar-refractivity contribution in [2.45, 2.75) is 82.7 Å². The highest BCUT2D eigenvalue weighted by molar-refractivity contribution is 5.20. The van der Waals surface area contributed by atoms with Crippen LogP contribution in [0.3, 0.4) is 0 Å². The monoisotopic (exact) mass is 285 g/mol. The largest absolute Gasteiger partial charge is 0.311 e. The van der Waals surface area contributed by atoms with Gasteiger partial charge in [-0.05, 0) is 62.3 Å². The van der Waals surface area contributed by atoms with Gasteiger partial charge < -0.3 is 5.32 Å². The van der Waals surface area contributed by atoms with Crippen LogP contribution in [0.25, 0.3) is 0 Å². The maximum Gasteiger partial charge on any atom is 0.00700 e. The molecule has 0 bridgehead atoms. The van der Waals surface area contributed by atoms with Crippen LogP contribution in [0.1, 0.15) is 76.2 Å². The highest BCUT2D eigenvalue weighted by atomic mass is 14.9. The van der Waals surface area contributed by atoms with E-state index in [0.717, 1.165) is 23.9 Å². The second-order valence-electron chi connectivity index (χ2n) is 7.44. The number of benzene rings is 1. The molecule has 2 aliphatic rings. The van der Waals surface area contributed by atoms with Crippen LogP contribution in [-0.4, -0.2) is 12.1 Å². The molecule has 3 rings (SSSR count). The van der Waals surface area contributed by atoms with Crippen LogP contribution in [0.15, 0.2) is 30.3 Å². The van der Waals surface area contributed by atoms with Gasteiger partial charge in [0.25, 0.3) is 0 Å². The minimum atomic E-state index is 0.781. The Morgan fingerprint density at radius 2 is 1.43 bits per heavy atom. The van der Waals surface area contributed by atoms with Crippen molar-refractivity contribution in [1.29, 1.82) is 0 Å². The molecule has 1 N–H and O–H groups in total. The number of nitrogens with one attached hydrogen (secondary N) is 1. The Morgan fingerprint density at radius 3 is 2.19 bits per heavy atom. The summed E-state index contributed by atoms with van der Waals surface area (Å²) in [4.78, 5) is 0. The highest BCUT2D eigenvalue weighted by Gasteiger charge is 2.25. The van der Waals surface area contributed by atoms with Crippen LogP contribution in [-0.2, 0) is 0 Å². The molecule has 2 unspecified atom stereocenters. The van der Waals surface area contributed by atoms with Gasteiger partial charge in [-0.2, -0.15) is 0 Å². The first-order valence-electron chi connectivity index (χ1n) is 9.12. The van der Waals surface area contributed by atoms with Gasteiger partial charge in [-0.3, -0.25) is 0 Å². The highest BCUT2D eigenvalue weighted by Crippen LogP contribution is 2.33.